The lowest BCUT2D eigenvalue weighted by Crippen LogP contribution is -2.30. The number of rotatable bonds is 6. The Morgan fingerprint density at radius 1 is 1.14 bits per heavy atom. The summed E-state index contributed by atoms with van der Waals surface area (Å²) in [6.07, 6.45) is 0. The topological polar surface area (TPSA) is 86.5 Å². The van der Waals surface area contributed by atoms with Gasteiger partial charge in [0.2, 0.25) is 0 Å². The molecule has 0 aliphatic heterocycles. The monoisotopic (exact) mass is 287 g/mol. The van der Waals surface area contributed by atoms with Crippen LogP contribution in [-0.4, -0.2) is 17.5 Å². The van der Waals surface area contributed by atoms with Crippen molar-refractivity contribution in [1.29, 1.82) is 0 Å². The van der Waals surface area contributed by atoms with Crippen LogP contribution in [0, 0.1) is 0 Å². The molecular weight excluding hydrogens is 270 g/mol. The van der Waals surface area contributed by atoms with Crippen LogP contribution in [-0.2, 0) is 6.61 Å². The van der Waals surface area contributed by atoms with E-state index in [1.165, 1.54) is 0 Å². The van der Waals surface area contributed by atoms with E-state index in [0.29, 0.717) is 23.8 Å². The summed E-state index contributed by atoms with van der Waals surface area (Å²) in [5.74, 6) is 5.96. The number of ether oxygens (including phenoxy) is 2. The number of hydrazine groups is 1. The maximum Gasteiger partial charge on any atom is 0.283 e. The van der Waals surface area contributed by atoms with Gasteiger partial charge < -0.3 is 9.47 Å². The van der Waals surface area contributed by atoms with Crippen LogP contribution in [0.3, 0.4) is 0 Å². The highest BCUT2D eigenvalue weighted by atomic mass is 16.5. The molecule has 3 N–H and O–H groups in total. The molecule has 1 aromatic carbocycles. The van der Waals surface area contributed by atoms with Crippen LogP contribution in [0.1, 0.15) is 23.1 Å². The van der Waals surface area contributed by atoms with E-state index in [1.807, 2.05) is 36.6 Å². The first-order chi connectivity index (χ1) is 10.2. The Morgan fingerprint density at radius 2 is 1.86 bits per heavy atom. The molecule has 2 aromatic rings. The quantitative estimate of drug-likeness (QED) is 0.479. The van der Waals surface area contributed by atoms with Crippen molar-refractivity contribution in [1.82, 2.24) is 10.4 Å². The lowest BCUT2D eigenvalue weighted by atomic mass is 10.3. The molecule has 21 heavy (non-hydrogen) atoms. The molecule has 1 aromatic heterocycles. The molecule has 0 bridgehead atoms. The Bertz CT molecular complexity index is 617. The van der Waals surface area contributed by atoms with Crippen molar-refractivity contribution in [3.8, 4) is 11.5 Å². The average molecular weight is 287 g/mol. The number of nitrogens with zero attached hydrogens (tertiary/aromatic N) is 1. The Labute approximate surface area is 122 Å². The summed E-state index contributed by atoms with van der Waals surface area (Å²) >= 11 is 0. The lowest BCUT2D eigenvalue weighted by molar-refractivity contribution is 0.0948. The molecule has 6 nitrogen and oxygen atoms in total. The Balaban J connectivity index is 2.08. The average Bonchev–Trinajstić information content (AvgIpc) is 2.54. The number of nitrogens with one attached hydrogen (secondary N) is 1. The molecule has 0 saturated carbocycles. The van der Waals surface area contributed by atoms with Crippen molar-refractivity contribution >= 4 is 5.91 Å². The number of hydrogen-bond donors (Lipinski definition) is 2. The number of hydrogen-bond acceptors (Lipinski definition) is 5. The third-order valence-corrected chi connectivity index (χ3v) is 2.70. The first-order valence-corrected chi connectivity index (χ1v) is 6.56. The van der Waals surface area contributed by atoms with Gasteiger partial charge >= 0.3 is 0 Å². The maximum atomic E-state index is 11.4. The fraction of sp³-hybridized carbons (Fsp3) is 0.200. The number of carbonyl (C=O) groups is 1. The van der Waals surface area contributed by atoms with E-state index in [9.17, 15) is 4.79 Å². The zero-order valence-electron chi connectivity index (χ0n) is 11.7. The van der Waals surface area contributed by atoms with Gasteiger partial charge in [0.15, 0.2) is 11.5 Å². The van der Waals surface area contributed by atoms with Gasteiger partial charge in [0.1, 0.15) is 12.3 Å². The highest BCUT2D eigenvalue weighted by molar-refractivity contribution is 5.91. The van der Waals surface area contributed by atoms with Crippen LogP contribution in [0.4, 0.5) is 0 Å². The zero-order chi connectivity index (χ0) is 15.1. The summed E-state index contributed by atoms with van der Waals surface area (Å²) in [6, 6.07) is 12.5. The van der Waals surface area contributed by atoms with Gasteiger partial charge in [-0.05, 0) is 31.2 Å². The van der Waals surface area contributed by atoms with Crippen LogP contribution in [0.2, 0.25) is 0 Å². The highest BCUT2D eigenvalue weighted by Gasteiger charge is 2.08. The SMILES string of the molecule is CCOc1ccccc1OCc1cccc(C(=O)NN)n1. The molecule has 0 fully saturated rings. The van der Waals surface area contributed by atoms with Crippen LogP contribution >= 0.6 is 0 Å². The number of amides is 1. The van der Waals surface area contributed by atoms with E-state index >= 15 is 0 Å². The van der Waals surface area contributed by atoms with Crippen molar-refractivity contribution in [2.24, 2.45) is 5.84 Å². The van der Waals surface area contributed by atoms with Crippen LogP contribution < -0.4 is 20.7 Å². The minimum atomic E-state index is -0.438. The molecule has 0 saturated heterocycles. The molecule has 0 aliphatic rings. The smallest absolute Gasteiger partial charge is 0.283 e. The second-order valence-corrected chi connectivity index (χ2v) is 4.16. The Hall–Kier alpha value is -2.60. The fourth-order valence-corrected chi connectivity index (χ4v) is 1.76. The van der Waals surface area contributed by atoms with Crippen molar-refractivity contribution in [3.05, 3.63) is 53.9 Å². The second-order valence-electron chi connectivity index (χ2n) is 4.16. The summed E-state index contributed by atoms with van der Waals surface area (Å²) in [4.78, 5) is 15.6. The van der Waals surface area contributed by atoms with E-state index in [1.54, 1.807) is 18.2 Å². The predicted molar refractivity (Wildman–Crippen MR) is 77.8 cm³/mol. The van der Waals surface area contributed by atoms with Gasteiger partial charge in [0.05, 0.1) is 12.3 Å². The van der Waals surface area contributed by atoms with Crippen molar-refractivity contribution < 1.29 is 14.3 Å². The first-order valence-electron chi connectivity index (χ1n) is 6.56. The van der Waals surface area contributed by atoms with E-state index < -0.39 is 5.91 Å². The summed E-state index contributed by atoms with van der Waals surface area (Å²) in [5, 5.41) is 0. The molecule has 0 unspecified atom stereocenters. The number of para-hydroxylation sites is 2. The minimum absolute atomic E-state index is 0.232. The molecule has 0 atom stereocenters. The van der Waals surface area contributed by atoms with Gasteiger partial charge in [-0.2, -0.15) is 0 Å². The number of aromatic nitrogens is 1. The third kappa shape index (κ3) is 3.93. The van der Waals surface area contributed by atoms with Gasteiger partial charge in [-0.25, -0.2) is 10.8 Å². The third-order valence-electron chi connectivity index (χ3n) is 2.70. The molecule has 1 heterocycles. The molecule has 0 aliphatic carbocycles. The summed E-state index contributed by atoms with van der Waals surface area (Å²) in [7, 11) is 0. The Kier molecular flexibility index (Phi) is 5.11. The largest absolute Gasteiger partial charge is 0.490 e. The van der Waals surface area contributed by atoms with Crippen molar-refractivity contribution in [3.63, 3.8) is 0 Å². The number of nitrogens with two attached hydrogens (primary N) is 1. The normalized spacial score (nSPS) is 10.0. The molecule has 0 spiro atoms. The Morgan fingerprint density at radius 3 is 2.52 bits per heavy atom. The van der Waals surface area contributed by atoms with E-state index in [4.69, 9.17) is 15.3 Å². The number of benzene rings is 1. The number of carbonyl (C=O) groups excluding carboxylic acids is 1. The number of nitrogen functional groups attached to an aromatic ring is 1. The zero-order valence-corrected chi connectivity index (χ0v) is 11.7. The van der Waals surface area contributed by atoms with E-state index in [0.717, 1.165) is 0 Å². The molecular formula is C15H17N3O3. The van der Waals surface area contributed by atoms with Gasteiger partial charge in [0, 0.05) is 0 Å². The minimum Gasteiger partial charge on any atom is -0.490 e. The van der Waals surface area contributed by atoms with Crippen molar-refractivity contribution in [2.45, 2.75) is 13.5 Å². The van der Waals surface area contributed by atoms with Crippen LogP contribution in [0.5, 0.6) is 11.5 Å². The standard InChI is InChI=1S/C15H17N3O3/c1-2-20-13-8-3-4-9-14(13)21-10-11-6-5-7-12(17-11)15(19)18-16/h3-9H,2,10,16H2,1H3,(H,18,19). The highest BCUT2D eigenvalue weighted by Crippen LogP contribution is 2.26. The van der Waals surface area contributed by atoms with Gasteiger partial charge in [0.25, 0.3) is 5.91 Å². The van der Waals surface area contributed by atoms with E-state index in [-0.39, 0.29) is 12.3 Å². The van der Waals surface area contributed by atoms with Gasteiger partial charge in [-0.1, -0.05) is 18.2 Å². The summed E-state index contributed by atoms with van der Waals surface area (Å²) in [6.45, 7) is 2.70. The molecule has 110 valence electrons. The van der Waals surface area contributed by atoms with Crippen molar-refractivity contribution in [2.75, 3.05) is 6.61 Å². The van der Waals surface area contributed by atoms with Crippen LogP contribution in [0.15, 0.2) is 42.5 Å². The summed E-state index contributed by atoms with van der Waals surface area (Å²) < 4.78 is 11.2. The lowest BCUT2D eigenvalue weighted by Gasteiger charge is -2.11. The molecule has 6 heteroatoms. The molecule has 2 rings (SSSR count). The predicted octanol–water partition coefficient (Wildman–Crippen LogP) is 1.66. The second kappa shape index (κ2) is 7.25. The number of pyridine rings is 1. The molecule has 1 amide bonds. The fourth-order valence-electron chi connectivity index (χ4n) is 1.76. The molecule has 0 radical (unpaired) electrons. The summed E-state index contributed by atoms with van der Waals surface area (Å²) in [5.41, 5.74) is 2.92. The van der Waals surface area contributed by atoms with E-state index in [2.05, 4.69) is 4.98 Å². The first kappa shape index (κ1) is 14.8. The van der Waals surface area contributed by atoms with Gasteiger partial charge in [-0.15, -0.1) is 0 Å². The van der Waals surface area contributed by atoms with Crippen LogP contribution in [0.25, 0.3) is 0 Å². The maximum absolute atomic E-state index is 11.4. The van der Waals surface area contributed by atoms with Gasteiger partial charge in [-0.3, -0.25) is 10.2 Å².